The molecule has 170 valence electrons. The Morgan fingerprint density at radius 1 is 0.935 bits per heavy atom. The van der Waals surface area contributed by atoms with Crippen LogP contribution >= 0.6 is 7.60 Å². The molecule has 0 aromatic heterocycles. The smallest absolute Gasteiger partial charge is 0.351 e. The molecule has 0 amide bonds. The quantitative estimate of drug-likeness (QED) is 0.314. The van der Waals surface area contributed by atoms with Gasteiger partial charge in [0.2, 0.25) is 0 Å². The fourth-order valence-electron chi connectivity index (χ4n) is 3.28. The Bertz CT molecular complexity index is 818. The average molecular weight is 448 g/mol. The third kappa shape index (κ3) is 7.89. The number of carbonyl (C=O) groups is 1. The van der Waals surface area contributed by atoms with Gasteiger partial charge in [0.25, 0.3) is 0 Å². The minimum absolute atomic E-state index is 0.181. The van der Waals surface area contributed by atoms with Crippen molar-refractivity contribution >= 4 is 13.6 Å². The van der Waals surface area contributed by atoms with Gasteiger partial charge in [-0.1, -0.05) is 74.5 Å². The minimum Gasteiger partial charge on any atom is -0.460 e. The summed E-state index contributed by atoms with van der Waals surface area (Å²) < 4.78 is 30.5. The number of ether oxygens (including phenoxy) is 1. The van der Waals surface area contributed by atoms with Gasteiger partial charge < -0.3 is 13.8 Å². The van der Waals surface area contributed by atoms with Gasteiger partial charge in [0.15, 0.2) is 0 Å². The zero-order valence-corrected chi connectivity index (χ0v) is 19.7. The normalized spacial score (nSPS) is 13.7. The second kappa shape index (κ2) is 12.8. The van der Waals surface area contributed by atoms with E-state index in [1.54, 1.807) is 13.8 Å². The maximum Gasteiger partial charge on any atom is 0.351 e. The molecule has 0 radical (unpaired) electrons. The van der Waals surface area contributed by atoms with Gasteiger partial charge >= 0.3 is 13.6 Å². The number of rotatable bonds is 13. The van der Waals surface area contributed by atoms with E-state index in [1.165, 1.54) is 0 Å². The van der Waals surface area contributed by atoms with Crippen LogP contribution < -0.4 is 5.32 Å². The first-order chi connectivity index (χ1) is 14.9. The Balaban J connectivity index is 2.29. The van der Waals surface area contributed by atoms with Gasteiger partial charge in [-0.15, -0.1) is 0 Å². The number of hydrogen-bond donors (Lipinski definition) is 1. The van der Waals surface area contributed by atoms with E-state index in [9.17, 15) is 9.36 Å². The summed E-state index contributed by atoms with van der Waals surface area (Å²) >= 11 is 0. The van der Waals surface area contributed by atoms with Gasteiger partial charge in [-0.3, -0.25) is 14.7 Å². The van der Waals surface area contributed by atoms with Crippen LogP contribution in [-0.4, -0.2) is 25.2 Å². The van der Waals surface area contributed by atoms with E-state index >= 15 is 0 Å². The van der Waals surface area contributed by atoms with E-state index in [1.807, 2.05) is 74.5 Å². The summed E-state index contributed by atoms with van der Waals surface area (Å²) in [6, 6.07) is 18.2. The molecule has 1 N–H and O–H groups in total. The molecule has 0 aliphatic carbocycles. The van der Waals surface area contributed by atoms with E-state index in [-0.39, 0.29) is 25.7 Å². The van der Waals surface area contributed by atoms with E-state index in [0.717, 1.165) is 11.1 Å². The van der Waals surface area contributed by atoms with Crippen LogP contribution in [-0.2, 0) is 29.8 Å². The SMILES string of the molecule is CCOP(=O)(OCC)C(N[C@@H](CC(C)C)C(=O)OCc1ccccc1)c1ccccc1. The summed E-state index contributed by atoms with van der Waals surface area (Å²) in [5.41, 5.74) is 1.64. The number of hydrogen-bond acceptors (Lipinski definition) is 6. The fraction of sp³-hybridized carbons (Fsp3) is 0.458. The van der Waals surface area contributed by atoms with Gasteiger partial charge in [-0.05, 0) is 37.3 Å². The number of nitrogens with one attached hydrogen (secondary N) is 1. The van der Waals surface area contributed by atoms with Gasteiger partial charge in [0.1, 0.15) is 18.4 Å². The highest BCUT2D eigenvalue weighted by Crippen LogP contribution is 2.59. The van der Waals surface area contributed by atoms with E-state index in [4.69, 9.17) is 13.8 Å². The standard InChI is InChI=1S/C24H34NO5P/c1-5-29-31(27,30-6-2)23(21-15-11-8-12-16-21)25-22(17-19(3)4)24(26)28-18-20-13-9-7-10-14-20/h7-16,19,22-23,25H,5-6,17-18H2,1-4H3/t22-,23?/m0/s1. The Hall–Kier alpha value is -1.98. The number of benzene rings is 2. The van der Waals surface area contributed by atoms with Gasteiger partial charge in [-0.25, -0.2) is 0 Å². The summed E-state index contributed by atoms with van der Waals surface area (Å²) in [7, 11) is -3.58. The van der Waals surface area contributed by atoms with Crippen molar-refractivity contribution in [3.05, 3.63) is 71.8 Å². The summed E-state index contributed by atoms with van der Waals surface area (Å²) in [5, 5.41) is 3.26. The summed E-state index contributed by atoms with van der Waals surface area (Å²) in [6.07, 6.45) is 0.523. The number of esters is 1. The summed E-state index contributed by atoms with van der Waals surface area (Å²) in [4.78, 5) is 13.0. The van der Waals surface area contributed by atoms with Gasteiger partial charge in [0.05, 0.1) is 13.2 Å². The van der Waals surface area contributed by atoms with Crippen molar-refractivity contribution in [2.45, 2.75) is 52.5 Å². The zero-order chi connectivity index (χ0) is 22.7. The van der Waals surface area contributed by atoms with Crippen molar-refractivity contribution in [1.82, 2.24) is 5.32 Å². The molecule has 0 saturated carbocycles. The summed E-state index contributed by atoms with van der Waals surface area (Å²) in [5.74, 6) is -0.962. The second-order valence-corrected chi connectivity index (χ2v) is 9.74. The molecule has 0 spiro atoms. The van der Waals surface area contributed by atoms with Crippen LogP contribution in [0.5, 0.6) is 0 Å². The highest BCUT2D eigenvalue weighted by Gasteiger charge is 2.40. The van der Waals surface area contributed by atoms with E-state index in [2.05, 4.69) is 5.32 Å². The maximum atomic E-state index is 13.7. The first-order valence-electron chi connectivity index (χ1n) is 10.8. The molecule has 0 aliphatic rings. The molecule has 0 fully saturated rings. The molecule has 2 atom stereocenters. The predicted molar refractivity (Wildman–Crippen MR) is 123 cm³/mol. The van der Waals surface area contributed by atoms with Crippen molar-refractivity contribution in [1.29, 1.82) is 0 Å². The molecule has 1 unspecified atom stereocenters. The lowest BCUT2D eigenvalue weighted by atomic mass is 10.0. The predicted octanol–water partition coefficient (Wildman–Crippen LogP) is 5.70. The average Bonchev–Trinajstić information content (AvgIpc) is 2.76. The van der Waals surface area contributed by atoms with Crippen LogP contribution in [0.15, 0.2) is 60.7 Å². The third-order valence-corrected chi connectivity index (χ3v) is 6.94. The van der Waals surface area contributed by atoms with E-state index in [0.29, 0.717) is 6.42 Å². The largest absolute Gasteiger partial charge is 0.460 e. The van der Waals surface area contributed by atoms with Crippen molar-refractivity contribution < 1.29 is 23.1 Å². The molecular formula is C24H34NO5P. The lowest BCUT2D eigenvalue weighted by molar-refractivity contribution is -0.148. The molecule has 0 heterocycles. The molecule has 2 aromatic carbocycles. The molecule has 31 heavy (non-hydrogen) atoms. The maximum absolute atomic E-state index is 13.7. The molecule has 0 bridgehead atoms. The van der Waals surface area contributed by atoms with Crippen LogP contribution in [0.4, 0.5) is 0 Å². The number of carbonyl (C=O) groups excluding carboxylic acids is 1. The van der Waals surface area contributed by atoms with E-state index < -0.39 is 25.4 Å². The Kier molecular flexibility index (Phi) is 10.4. The highest BCUT2D eigenvalue weighted by molar-refractivity contribution is 7.54. The topological polar surface area (TPSA) is 73.9 Å². The molecular weight excluding hydrogens is 413 g/mol. The van der Waals surface area contributed by atoms with Crippen molar-refractivity contribution in [3.8, 4) is 0 Å². The van der Waals surface area contributed by atoms with Crippen LogP contribution in [0, 0.1) is 5.92 Å². The zero-order valence-electron chi connectivity index (χ0n) is 18.8. The Morgan fingerprint density at radius 3 is 2.00 bits per heavy atom. The fourth-order valence-corrected chi connectivity index (χ4v) is 5.27. The Morgan fingerprint density at radius 2 is 1.48 bits per heavy atom. The minimum atomic E-state index is -3.58. The lowest BCUT2D eigenvalue weighted by Crippen LogP contribution is -2.41. The first kappa shape index (κ1) is 25.3. The first-order valence-corrected chi connectivity index (χ1v) is 12.4. The van der Waals surface area contributed by atoms with Crippen LogP contribution in [0.25, 0.3) is 0 Å². The van der Waals surface area contributed by atoms with Gasteiger partial charge in [-0.2, -0.15) is 0 Å². The molecule has 2 rings (SSSR count). The van der Waals surface area contributed by atoms with Crippen LogP contribution in [0.1, 0.15) is 51.0 Å². The molecule has 0 aliphatic heterocycles. The molecule has 7 heteroatoms. The summed E-state index contributed by atoms with van der Waals surface area (Å²) in [6.45, 7) is 8.25. The monoisotopic (exact) mass is 447 g/mol. The van der Waals surface area contributed by atoms with Crippen LogP contribution in [0.3, 0.4) is 0 Å². The highest BCUT2D eigenvalue weighted by atomic mass is 31.2. The Labute approximate surface area is 185 Å². The molecule has 2 aromatic rings. The second-order valence-electron chi connectivity index (χ2n) is 7.63. The molecule has 6 nitrogen and oxygen atoms in total. The lowest BCUT2D eigenvalue weighted by Gasteiger charge is -2.31. The van der Waals surface area contributed by atoms with Crippen molar-refractivity contribution in [2.75, 3.05) is 13.2 Å². The van der Waals surface area contributed by atoms with Crippen LogP contribution in [0.2, 0.25) is 0 Å². The third-order valence-electron chi connectivity index (χ3n) is 4.62. The van der Waals surface area contributed by atoms with Crippen molar-refractivity contribution in [3.63, 3.8) is 0 Å². The van der Waals surface area contributed by atoms with Gasteiger partial charge in [0, 0.05) is 0 Å². The molecule has 0 saturated heterocycles. The van der Waals surface area contributed by atoms with Crippen molar-refractivity contribution in [2.24, 2.45) is 5.92 Å².